The molecule has 0 fully saturated rings. The first kappa shape index (κ1) is 17.1. The second-order valence-corrected chi connectivity index (χ2v) is 4.91. The molecular weight excluding hydrogens is 314 g/mol. The van der Waals surface area contributed by atoms with E-state index in [1.54, 1.807) is 26.2 Å². The zero-order valence-corrected chi connectivity index (χ0v) is 13.3. The molecule has 1 amide bonds. The Morgan fingerprint density at radius 2 is 2.00 bits per heavy atom. The third-order valence-electron chi connectivity index (χ3n) is 3.23. The number of H-pyrrole nitrogens is 2. The summed E-state index contributed by atoms with van der Waals surface area (Å²) in [7, 11) is 1.58. The fourth-order valence-corrected chi connectivity index (χ4v) is 1.87. The third kappa shape index (κ3) is 4.63. The van der Waals surface area contributed by atoms with Crippen molar-refractivity contribution in [3.8, 4) is 5.75 Å². The molecule has 1 heterocycles. The number of hydrogen-bond donors (Lipinski definition) is 3. The highest BCUT2D eigenvalue weighted by Gasteiger charge is 2.07. The number of nitrogens with zero attached hydrogens (tertiary/aromatic N) is 2. The number of aryl methyl sites for hydroxylation is 1. The van der Waals surface area contributed by atoms with E-state index in [0.717, 1.165) is 11.3 Å². The molecule has 2 aromatic rings. The van der Waals surface area contributed by atoms with E-state index in [9.17, 15) is 14.4 Å². The van der Waals surface area contributed by atoms with Crippen LogP contribution in [0.5, 0.6) is 5.75 Å². The summed E-state index contributed by atoms with van der Waals surface area (Å²) in [6.07, 6.45) is 0.108. The minimum atomic E-state index is -0.687. The van der Waals surface area contributed by atoms with Gasteiger partial charge in [0.05, 0.1) is 12.8 Å². The third-order valence-corrected chi connectivity index (χ3v) is 3.23. The van der Waals surface area contributed by atoms with Gasteiger partial charge in [-0.2, -0.15) is 10.2 Å². The van der Waals surface area contributed by atoms with Crippen LogP contribution in [0.1, 0.15) is 24.6 Å². The lowest BCUT2D eigenvalue weighted by Gasteiger charge is -2.04. The Morgan fingerprint density at radius 3 is 2.62 bits per heavy atom. The standard InChI is InChI=1S/C15H17N5O4/c1-9(10-3-5-11(24-2)6-4-10)17-19-13(21)8-7-12-14(22)16-15(23)20-18-12/h3-6H,7-8H2,1-2H3,(H,19,21)(H2,16,20,22,23)/b17-9-. The van der Waals surface area contributed by atoms with Crippen LogP contribution in [0.25, 0.3) is 0 Å². The van der Waals surface area contributed by atoms with Crippen molar-refractivity contribution in [2.24, 2.45) is 5.10 Å². The predicted molar refractivity (Wildman–Crippen MR) is 87.1 cm³/mol. The molecule has 0 saturated carbocycles. The summed E-state index contributed by atoms with van der Waals surface area (Å²) in [5.74, 6) is 0.365. The van der Waals surface area contributed by atoms with E-state index in [0.29, 0.717) is 5.71 Å². The van der Waals surface area contributed by atoms with E-state index < -0.39 is 11.2 Å². The maximum Gasteiger partial charge on any atom is 0.342 e. The van der Waals surface area contributed by atoms with Gasteiger partial charge in [0.25, 0.3) is 5.56 Å². The van der Waals surface area contributed by atoms with Crippen molar-refractivity contribution in [2.75, 3.05) is 7.11 Å². The van der Waals surface area contributed by atoms with Gasteiger partial charge in [-0.3, -0.25) is 14.6 Å². The van der Waals surface area contributed by atoms with E-state index in [1.165, 1.54) is 0 Å². The highest BCUT2D eigenvalue weighted by molar-refractivity contribution is 5.99. The first-order valence-corrected chi connectivity index (χ1v) is 7.15. The van der Waals surface area contributed by atoms with Crippen LogP contribution in [0.4, 0.5) is 0 Å². The largest absolute Gasteiger partial charge is 0.497 e. The number of carbonyl (C=O) groups is 1. The summed E-state index contributed by atoms with van der Waals surface area (Å²) in [6, 6.07) is 7.25. The predicted octanol–water partition coefficient (Wildman–Crippen LogP) is -0.0602. The van der Waals surface area contributed by atoms with Gasteiger partial charge in [-0.05, 0) is 36.8 Å². The number of amides is 1. The minimum absolute atomic E-state index is 0.0154. The van der Waals surface area contributed by atoms with Crippen LogP contribution in [-0.4, -0.2) is 33.9 Å². The summed E-state index contributed by atoms with van der Waals surface area (Å²) in [5.41, 5.74) is 2.68. The number of methoxy groups -OCH3 is 1. The number of benzene rings is 1. The van der Waals surface area contributed by atoms with Crippen molar-refractivity contribution >= 4 is 11.6 Å². The average Bonchev–Trinajstić information content (AvgIpc) is 2.59. The Kier molecular flexibility index (Phi) is 5.61. The van der Waals surface area contributed by atoms with E-state index in [-0.39, 0.29) is 24.4 Å². The summed E-state index contributed by atoms with van der Waals surface area (Å²) >= 11 is 0. The second-order valence-electron chi connectivity index (χ2n) is 4.91. The molecule has 1 aromatic carbocycles. The topological polar surface area (TPSA) is 129 Å². The molecule has 0 saturated heterocycles. The van der Waals surface area contributed by atoms with Crippen molar-refractivity contribution < 1.29 is 9.53 Å². The molecule has 24 heavy (non-hydrogen) atoms. The van der Waals surface area contributed by atoms with Crippen LogP contribution in [-0.2, 0) is 11.2 Å². The molecule has 126 valence electrons. The van der Waals surface area contributed by atoms with E-state index in [4.69, 9.17) is 4.74 Å². The van der Waals surface area contributed by atoms with Crippen LogP contribution >= 0.6 is 0 Å². The second kappa shape index (κ2) is 7.86. The van der Waals surface area contributed by atoms with Gasteiger partial charge in [0.1, 0.15) is 11.4 Å². The fourth-order valence-electron chi connectivity index (χ4n) is 1.87. The smallest absolute Gasteiger partial charge is 0.342 e. The molecule has 0 spiro atoms. The summed E-state index contributed by atoms with van der Waals surface area (Å²) in [4.78, 5) is 36.1. The van der Waals surface area contributed by atoms with Crippen molar-refractivity contribution in [3.05, 3.63) is 56.4 Å². The Labute approximate surface area is 136 Å². The van der Waals surface area contributed by atoms with E-state index in [1.807, 2.05) is 17.1 Å². The lowest BCUT2D eigenvalue weighted by molar-refractivity contribution is -0.121. The lowest BCUT2D eigenvalue weighted by Crippen LogP contribution is -2.28. The van der Waals surface area contributed by atoms with Gasteiger partial charge in [0, 0.05) is 12.8 Å². The molecule has 3 N–H and O–H groups in total. The molecule has 1 aromatic heterocycles. The van der Waals surface area contributed by atoms with Gasteiger partial charge in [-0.1, -0.05) is 0 Å². The molecule has 0 aliphatic rings. The summed E-state index contributed by atoms with van der Waals surface area (Å²) in [5, 5.41) is 9.73. The molecule has 0 aliphatic heterocycles. The average molecular weight is 331 g/mol. The van der Waals surface area contributed by atoms with E-state index >= 15 is 0 Å². The van der Waals surface area contributed by atoms with Crippen LogP contribution < -0.4 is 21.4 Å². The molecule has 0 aliphatic carbocycles. The maximum absolute atomic E-state index is 11.8. The zero-order chi connectivity index (χ0) is 17.5. The zero-order valence-electron chi connectivity index (χ0n) is 13.3. The Balaban J connectivity index is 1.91. The maximum atomic E-state index is 11.8. The Hall–Kier alpha value is -3.23. The Bertz CT molecular complexity index is 851. The first-order chi connectivity index (χ1) is 11.5. The molecule has 9 heteroatoms. The molecule has 0 atom stereocenters. The molecule has 0 bridgehead atoms. The number of rotatable bonds is 6. The van der Waals surface area contributed by atoms with Gasteiger partial charge in [-0.25, -0.2) is 15.3 Å². The van der Waals surface area contributed by atoms with Crippen LogP contribution in [0, 0.1) is 0 Å². The van der Waals surface area contributed by atoms with Gasteiger partial charge in [-0.15, -0.1) is 0 Å². The quantitative estimate of drug-likeness (QED) is 0.504. The van der Waals surface area contributed by atoms with Crippen molar-refractivity contribution in [2.45, 2.75) is 19.8 Å². The van der Waals surface area contributed by atoms with Crippen LogP contribution in [0.2, 0.25) is 0 Å². The number of nitrogens with one attached hydrogen (secondary N) is 3. The molecule has 2 rings (SSSR count). The monoisotopic (exact) mass is 331 g/mol. The summed E-state index contributed by atoms with van der Waals surface area (Å²) in [6.45, 7) is 1.76. The highest BCUT2D eigenvalue weighted by Crippen LogP contribution is 2.11. The van der Waals surface area contributed by atoms with Crippen molar-refractivity contribution in [1.82, 2.24) is 20.6 Å². The number of hydrogen-bond acceptors (Lipinski definition) is 6. The fraction of sp³-hybridized carbons (Fsp3) is 0.267. The first-order valence-electron chi connectivity index (χ1n) is 7.15. The van der Waals surface area contributed by atoms with Gasteiger partial charge >= 0.3 is 5.69 Å². The van der Waals surface area contributed by atoms with Gasteiger partial charge in [0.15, 0.2) is 0 Å². The van der Waals surface area contributed by atoms with Gasteiger partial charge < -0.3 is 4.74 Å². The number of carbonyl (C=O) groups excluding carboxylic acids is 1. The highest BCUT2D eigenvalue weighted by atomic mass is 16.5. The molecule has 0 unspecified atom stereocenters. The normalized spacial score (nSPS) is 11.2. The summed E-state index contributed by atoms with van der Waals surface area (Å²) < 4.78 is 5.07. The lowest BCUT2D eigenvalue weighted by atomic mass is 10.1. The number of ether oxygens (including phenoxy) is 1. The van der Waals surface area contributed by atoms with Crippen molar-refractivity contribution in [3.63, 3.8) is 0 Å². The Morgan fingerprint density at radius 1 is 1.29 bits per heavy atom. The molecule has 0 radical (unpaired) electrons. The van der Waals surface area contributed by atoms with Gasteiger partial charge in [0.2, 0.25) is 5.91 Å². The number of aromatic nitrogens is 3. The number of aromatic amines is 2. The SMILES string of the molecule is COc1ccc(/C(C)=N\NC(=O)CCc2n[nH]c(=O)[nH]c2=O)cc1. The van der Waals surface area contributed by atoms with Crippen LogP contribution in [0.15, 0.2) is 39.0 Å². The van der Waals surface area contributed by atoms with E-state index in [2.05, 4.69) is 20.7 Å². The van der Waals surface area contributed by atoms with Crippen LogP contribution in [0.3, 0.4) is 0 Å². The molecule has 9 nitrogen and oxygen atoms in total. The minimum Gasteiger partial charge on any atom is -0.497 e. The number of hydrazone groups is 1. The van der Waals surface area contributed by atoms with Crippen molar-refractivity contribution in [1.29, 1.82) is 0 Å². The molecular formula is C15H17N5O4.